The Morgan fingerprint density at radius 3 is 2.15 bits per heavy atom. The standard InChI is InChI=1S/C19H21N/c1-13(2)11-19(20)18-12-14-7-3-4-8-15(14)16-9-5-6-10-17(16)18/h3-10,12-13,19H,11,20H2,1-2H3/t19-/m0/s1. The first-order chi connectivity index (χ1) is 9.66. The van der Waals surface area contributed by atoms with Crippen molar-refractivity contribution in [3.8, 4) is 0 Å². The number of nitrogens with two attached hydrogens (primary N) is 1. The van der Waals surface area contributed by atoms with Gasteiger partial charge in [0.2, 0.25) is 0 Å². The molecule has 102 valence electrons. The Labute approximate surface area is 120 Å². The molecule has 1 atom stereocenters. The Morgan fingerprint density at radius 1 is 0.850 bits per heavy atom. The van der Waals surface area contributed by atoms with Crippen LogP contribution in [0.15, 0.2) is 54.6 Å². The topological polar surface area (TPSA) is 26.0 Å². The first-order valence-electron chi connectivity index (χ1n) is 7.33. The molecule has 0 radical (unpaired) electrons. The lowest BCUT2D eigenvalue weighted by molar-refractivity contribution is 0.512. The second kappa shape index (κ2) is 5.26. The van der Waals surface area contributed by atoms with Gasteiger partial charge in [-0.2, -0.15) is 0 Å². The predicted octanol–water partition coefficient (Wildman–Crippen LogP) is 5.04. The summed E-state index contributed by atoms with van der Waals surface area (Å²) in [6, 6.07) is 19.5. The molecule has 0 amide bonds. The molecule has 0 saturated heterocycles. The highest BCUT2D eigenvalue weighted by Crippen LogP contribution is 2.33. The summed E-state index contributed by atoms with van der Waals surface area (Å²) in [4.78, 5) is 0. The van der Waals surface area contributed by atoms with Gasteiger partial charge in [0.1, 0.15) is 0 Å². The lowest BCUT2D eigenvalue weighted by atomic mass is 9.90. The van der Waals surface area contributed by atoms with Crippen LogP contribution >= 0.6 is 0 Å². The van der Waals surface area contributed by atoms with Crippen LogP contribution in [0, 0.1) is 5.92 Å². The smallest absolute Gasteiger partial charge is 0.0303 e. The van der Waals surface area contributed by atoms with Crippen LogP contribution < -0.4 is 5.73 Å². The minimum Gasteiger partial charge on any atom is -0.324 e. The highest BCUT2D eigenvalue weighted by atomic mass is 14.6. The van der Waals surface area contributed by atoms with Gasteiger partial charge in [-0.05, 0) is 45.5 Å². The summed E-state index contributed by atoms with van der Waals surface area (Å²) >= 11 is 0. The van der Waals surface area contributed by atoms with E-state index in [1.807, 2.05) is 0 Å². The molecule has 0 aromatic heterocycles. The fourth-order valence-electron chi connectivity index (χ4n) is 3.02. The van der Waals surface area contributed by atoms with Crippen molar-refractivity contribution in [2.24, 2.45) is 11.7 Å². The van der Waals surface area contributed by atoms with Crippen molar-refractivity contribution in [2.75, 3.05) is 0 Å². The normalized spacial score (nSPS) is 13.2. The molecule has 0 spiro atoms. The Morgan fingerprint density at radius 2 is 1.45 bits per heavy atom. The molecule has 0 aliphatic carbocycles. The number of benzene rings is 3. The van der Waals surface area contributed by atoms with Crippen molar-refractivity contribution in [1.82, 2.24) is 0 Å². The van der Waals surface area contributed by atoms with Gasteiger partial charge < -0.3 is 5.73 Å². The van der Waals surface area contributed by atoms with E-state index in [1.54, 1.807) is 0 Å². The Bertz CT molecular complexity index is 743. The monoisotopic (exact) mass is 263 g/mol. The minimum absolute atomic E-state index is 0.101. The number of hydrogen-bond acceptors (Lipinski definition) is 1. The molecule has 20 heavy (non-hydrogen) atoms. The first kappa shape index (κ1) is 13.1. The quantitative estimate of drug-likeness (QED) is 0.658. The van der Waals surface area contributed by atoms with Crippen LogP contribution in [0.2, 0.25) is 0 Å². The van der Waals surface area contributed by atoms with Crippen LogP contribution in [0.5, 0.6) is 0 Å². The number of rotatable bonds is 3. The maximum absolute atomic E-state index is 6.45. The van der Waals surface area contributed by atoms with Gasteiger partial charge >= 0.3 is 0 Å². The summed E-state index contributed by atoms with van der Waals surface area (Å²) < 4.78 is 0. The lowest BCUT2D eigenvalue weighted by Crippen LogP contribution is -2.13. The molecule has 1 heteroatoms. The maximum atomic E-state index is 6.45. The summed E-state index contributed by atoms with van der Waals surface area (Å²) in [6.45, 7) is 4.45. The van der Waals surface area contributed by atoms with E-state index in [-0.39, 0.29) is 6.04 Å². The Hall–Kier alpha value is -1.86. The molecular weight excluding hydrogens is 242 g/mol. The SMILES string of the molecule is CC(C)C[C@H](N)c1cc2ccccc2c2ccccc12. The van der Waals surface area contributed by atoms with Crippen LogP contribution in [0.3, 0.4) is 0 Å². The van der Waals surface area contributed by atoms with E-state index in [2.05, 4.69) is 68.4 Å². The van der Waals surface area contributed by atoms with E-state index in [0.717, 1.165) is 6.42 Å². The Kier molecular flexibility index (Phi) is 3.45. The summed E-state index contributed by atoms with van der Waals surface area (Å²) in [5, 5.41) is 5.18. The van der Waals surface area contributed by atoms with Crippen molar-refractivity contribution in [3.63, 3.8) is 0 Å². The van der Waals surface area contributed by atoms with E-state index in [9.17, 15) is 0 Å². The second-order valence-corrected chi connectivity index (χ2v) is 5.97. The molecule has 0 fully saturated rings. The van der Waals surface area contributed by atoms with Gasteiger partial charge in [-0.15, -0.1) is 0 Å². The Balaban J connectivity index is 2.29. The summed E-state index contributed by atoms with van der Waals surface area (Å²) in [6.07, 6.45) is 1.02. The van der Waals surface area contributed by atoms with E-state index >= 15 is 0 Å². The minimum atomic E-state index is 0.101. The second-order valence-electron chi connectivity index (χ2n) is 5.97. The molecule has 1 nitrogen and oxygen atoms in total. The van der Waals surface area contributed by atoms with Crippen molar-refractivity contribution < 1.29 is 0 Å². The molecule has 0 aliphatic heterocycles. The van der Waals surface area contributed by atoms with Crippen molar-refractivity contribution in [1.29, 1.82) is 0 Å². The average Bonchev–Trinajstić information content (AvgIpc) is 2.45. The van der Waals surface area contributed by atoms with Crippen molar-refractivity contribution in [2.45, 2.75) is 26.3 Å². The predicted molar refractivity (Wildman–Crippen MR) is 87.8 cm³/mol. The van der Waals surface area contributed by atoms with Crippen LogP contribution in [0.1, 0.15) is 31.9 Å². The van der Waals surface area contributed by atoms with E-state index in [1.165, 1.54) is 27.1 Å². The van der Waals surface area contributed by atoms with Crippen molar-refractivity contribution >= 4 is 21.5 Å². The molecular formula is C19H21N. The zero-order valence-electron chi connectivity index (χ0n) is 12.1. The average molecular weight is 263 g/mol. The zero-order valence-corrected chi connectivity index (χ0v) is 12.1. The summed E-state index contributed by atoms with van der Waals surface area (Å²) in [5.74, 6) is 0.607. The van der Waals surface area contributed by atoms with Crippen LogP contribution in [0.4, 0.5) is 0 Å². The van der Waals surface area contributed by atoms with Crippen molar-refractivity contribution in [3.05, 3.63) is 60.2 Å². The molecule has 0 heterocycles. The largest absolute Gasteiger partial charge is 0.324 e. The van der Waals surface area contributed by atoms with Crippen LogP contribution in [-0.2, 0) is 0 Å². The van der Waals surface area contributed by atoms with Gasteiger partial charge in [-0.3, -0.25) is 0 Å². The number of fused-ring (bicyclic) bond motifs is 3. The third-order valence-electron chi connectivity index (χ3n) is 3.92. The molecule has 3 aromatic carbocycles. The third-order valence-corrected chi connectivity index (χ3v) is 3.92. The van der Waals surface area contributed by atoms with Crippen LogP contribution in [-0.4, -0.2) is 0 Å². The molecule has 3 aromatic rings. The van der Waals surface area contributed by atoms with Gasteiger partial charge in [-0.25, -0.2) is 0 Å². The maximum Gasteiger partial charge on any atom is 0.0303 e. The van der Waals surface area contributed by atoms with Gasteiger partial charge in [0, 0.05) is 6.04 Å². The fraction of sp³-hybridized carbons (Fsp3) is 0.263. The van der Waals surface area contributed by atoms with E-state index in [4.69, 9.17) is 5.73 Å². The molecule has 0 bridgehead atoms. The van der Waals surface area contributed by atoms with E-state index in [0.29, 0.717) is 5.92 Å². The van der Waals surface area contributed by atoms with Gasteiger partial charge in [0.05, 0.1) is 0 Å². The van der Waals surface area contributed by atoms with Crippen LogP contribution in [0.25, 0.3) is 21.5 Å². The van der Waals surface area contributed by atoms with Gasteiger partial charge in [0.25, 0.3) is 0 Å². The fourth-order valence-corrected chi connectivity index (χ4v) is 3.02. The summed E-state index contributed by atoms with van der Waals surface area (Å²) in [7, 11) is 0. The zero-order chi connectivity index (χ0) is 14.1. The lowest BCUT2D eigenvalue weighted by Gasteiger charge is -2.18. The molecule has 0 aliphatic rings. The molecule has 3 rings (SSSR count). The summed E-state index contributed by atoms with van der Waals surface area (Å²) in [5.41, 5.74) is 7.72. The highest BCUT2D eigenvalue weighted by molar-refractivity contribution is 6.09. The van der Waals surface area contributed by atoms with Gasteiger partial charge in [0.15, 0.2) is 0 Å². The first-order valence-corrected chi connectivity index (χ1v) is 7.33. The highest BCUT2D eigenvalue weighted by Gasteiger charge is 2.13. The number of hydrogen-bond donors (Lipinski definition) is 1. The third kappa shape index (κ3) is 2.30. The molecule has 0 saturated carbocycles. The molecule has 0 unspecified atom stereocenters. The van der Waals surface area contributed by atoms with E-state index < -0.39 is 0 Å². The van der Waals surface area contributed by atoms with Gasteiger partial charge in [-0.1, -0.05) is 62.4 Å². The molecule has 2 N–H and O–H groups in total.